The molecule has 0 heterocycles. The highest BCUT2D eigenvalue weighted by atomic mass is 16.5. The Labute approximate surface area is 91.2 Å². The molecule has 0 unspecified atom stereocenters. The standard InChI is InChI=1S/C13H16O2/c1-5-6-15-9-12-8-10(2)7-11(3)13(12)14-4/h1,7-8H,6,9H2,2-4H3. The Kier molecular flexibility index (Phi) is 4.20. The van der Waals surface area contributed by atoms with Crippen LogP contribution in [0.1, 0.15) is 16.7 Å². The molecule has 1 aromatic carbocycles. The second-order valence-electron chi connectivity index (χ2n) is 3.47. The summed E-state index contributed by atoms with van der Waals surface area (Å²) in [4.78, 5) is 0. The van der Waals surface area contributed by atoms with Gasteiger partial charge in [-0.25, -0.2) is 0 Å². The van der Waals surface area contributed by atoms with Crippen LogP contribution in [0.2, 0.25) is 0 Å². The summed E-state index contributed by atoms with van der Waals surface area (Å²) in [6.45, 7) is 4.90. The van der Waals surface area contributed by atoms with E-state index in [1.165, 1.54) is 5.56 Å². The van der Waals surface area contributed by atoms with E-state index in [0.717, 1.165) is 16.9 Å². The van der Waals surface area contributed by atoms with Gasteiger partial charge in [0.05, 0.1) is 13.7 Å². The molecule has 0 atom stereocenters. The number of methoxy groups -OCH3 is 1. The van der Waals surface area contributed by atoms with Gasteiger partial charge in [0.2, 0.25) is 0 Å². The van der Waals surface area contributed by atoms with Crippen LogP contribution in [0.4, 0.5) is 0 Å². The Bertz CT molecular complexity index is 375. The largest absolute Gasteiger partial charge is 0.496 e. The van der Waals surface area contributed by atoms with Gasteiger partial charge in [-0.15, -0.1) is 6.42 Å². The zero-order valence-electron chi connectivity index (χ0n) is 9.46. The molecule has 0 saturated carbocycles. The van der Waals surface area contributed by atoms with Crippen molar-refractivity contribution in [3.8, 4) is 18.1 Å². The third-order valence-corrected chi connectivity index (χ3v) is 2.14. The van der Waals surface area contributed by atoms with E-state index in [1.54, 1.807) is 7.11 Å². The van der Waals surface area contributed by atoms with E-state index in [4.69, 9.17) is 15.9 Å². The fourth-order valence-electron chi connectivity index (χ4n) is 1.66. The minimum absolute atomic E-state index is 0.330. The smallest absolute Gasteiger partial charge is 0.127 e. The van der Waals surface area contributed by atoms with Gasteiger partial charge in [-0.3, -0.25) is 0 Å². The third-order valence-electron chi connectivity index (χ3n) is 2.14. The van der Waals surface area contributed by atoms with Crippen LogP contribution in [0.3, 0.4) is 0 Å². The molecule has 0 saturated heterocycles. The number of benzene rings is 1. The lowest BCUT2D eigenvalue weighted by molar-refractivity contribution is 0.151. The van der Waals surface area contributed by atoms with Crippen LogP contribution in [-0.2, 0) is 11.3 Å². The highest BCUT2D eigenvalue weighted by molar-refractivity contribution is 5.43. The summed E-state index contributed by atoms with van der Waals surface area (Å²) in [5, 5.41) is 0. The molecular formula is C13H16O2. The first kappa shape index (κ1) is 11.6. The van der Waals surface area contributed by atoms with Crippen molar-refractivity contribution in [2.75, 3.05) is 13.7 Å². The first-order valence-corrected chi connectivity index (χ1v) is 4.84. The Morgan fingerprint density at radius 1 is 1.33 bits per heavy atom. The second-order valence-corrected chi connectivity index (χ2v) is 3.47. The topological polar surface area (TPSA) is 18.5 Å². The van der Waals surface area contributed by atoms with Crippen molar-refractivity contribution in [3.05, 3.63) is 28.8 Å². The molecule has 0 aliphatic rings. The molecule has 0 N–H and O–H groups in total. The number of terminal acetylenes is 1. The maximum Gasteiger partial charge on any atom is 0.127 e. The molecular weight excluding hydrogens is 188 g/mol. The van der Waals surface area contributed by atoms with Crippen molar-refractivity contribution in [1.82, 2.24) is 0 Å². The Morgan fingerprint density at radius 2 is 2.07 bits per heavy atom. The summed E-state index contributed by atoms with van der Waals surface area (Å²) in [6, 6.07) is 4.14. The molecule has 15 heavy (non-hydrogen) atoms. The van der Waals surface area contributed by atoms with Gasteiger partial charge in [0.1, 0.15) is 12.4 Å². The summed E-state index contributed by atoms with van der Waals surface area (Å²) >= 11 is 0. The lowest BCUT2D eigenvalue weighted by Gasteiger charge is -2.12. The molecule has 0 aliphatic heterocycles. The van der Waals surface area contributed by atoms with E-state index >= 15 is 0 Å². The van der Waals surface area contributed by atoms with Gasteiger partial charge in [0, 0.05) is 5.56 Å². The zero-order valence-corrected chi connectivity index (χ0v) is 9.46. The summed E-state index contributed by atoms with van der Waals surface area (Å²) in [6.07, 6.45) is 5.12. The number of hydrogen-bond acceptors (Lipinski definition) is 2. The van der Waals surface area contributed by atoms with E-state index in [2.05, 4.69) is 25.0 Å². The van der Waals surface area contributed by atoms with Gasteiger partial charge >= 0.3 is 0 Å². The average molecular weight is 204 g/mol. The van der Waals surface area contributed by atoms with Gasteiger partial charge < -0.3 is 9.47 Å². The lowest BCUT2D eigenvalue weighted by Crippen LogP contribution is -1.99. The van der Waals surface area contributed by atoms with Crippen molar-refractivity contribution in [2.24, 2.45) is 0 Å². The first-order valence-electron chi connectivity index (χ1n) is 4.84. The molecule has 0 bridgehead atoms. The highest BCUT2D eigenvalue weighted by Gasteiger charge is 2.07. The fourth-order valence-corrected chi connectivity index (χ4v) is 1.66. The Morgan fingerprint density at radius 3 is 2.67 bits per heavy atom. The van der Waals surface area contributed by atoms with Crippen LogP contribution in [0, 0.1) is 26.2 Å². The zero-order chi connectivity index (χ0) is 11.3. The quantitative estimate of drug-likeness (QED) is 0.554. The molecule has 0 radical (unpaired) electrons. The molecule has 0 spiro atoms. The fraction of sp³-hybridized carbons (Fsp3) is 0.385. The monoisotopic (exact) mass is 204 g/mol. The van der Waals surface area contributed by atoms with Crippen LogP contribution in [0.25, 0.3) is 0 Å². The minimum atomic E-state index is 0.330. The Hall–Kier alpha value is -1.46. The SMILES string of the molecule is C#CCOCc1cc(C)cc(C)c1OC. The lowest BCUT2D eigenvalue weighted by atomic mass is 10.1. The number of aryl methyl sites for hydroxylation is 2. The maximum absolute atomic E-state index is 5.33. The van der Waals surface area contributed by atoms with E-state index in [-0.39, 0.29) is 0 Å². The minimum Gasteiger partial charge on any atom is -0.496 e. The highest BCUT2D eigenvalue weighted by Crippen LogP contribution is 2.25. The van der Waals surface area contributed by atoms with Crippen molar-refractivity contribution >= 4 is 0 Å². The number of hydrogen-bond donors (Lipinski definition) is 0. The van der Waals surface area contributed by atoms with Gasteiger partial charge in [-0.1, -0.05) is 23.6 Å². The predicted molar refractivity (Wildman–Crippen MR) is 61.0 cm³/mol. The van der Waals surface area contributed by atoms with E-state index < -0.39 is 0 Å². The summed E-state index contributed by atoms with van der Waals surface area (Å²) in [5.41, 5.74) is 3.37. The third kappa shape index (κ3) is 3.00. The van der Waals surface area contributed by atoms with Crippen LogP contribution in [-0.4, -0.2) is 13.7 Å². The van der Waals surface area contributed by atoms with Crippen LogP contribution in [0.15, 0.2) is 12.1 Å². The van der Waals surface area contributed by atoms with Crippen LogP contribution < -0.4 is 4.74 Å². The van der Waals surface area contributed by atoms with Gasteiger partial charge in [-0.05, 0) is 19.4 Å². The number of ether oxygens (including phenoxy) is 2. The molecule has 0 aromatic heterocycles. The van der Waals surface area contributed by atoms with Gasteiger partial charge in [0.25, 0.3) is 0 Å². The maximum atomic E-state index is 5.33. The summed E-state index contributed by atoms with van der Waals surface area (Å²) in [7, 11) is 1.67. The van der Waals surface area contributed by atoms with Crippen LogP contribution >= 0.6 is 0 Å². The molecule has 0 fully saturated rings. The normalized spacial score (nSPS) is 9.73. The van der Waals surface area contributed by atoms with Crippen LogP contribution in [0.5, 0.6) is 5.75 Å². The van der Waals surface area contributed by atoms with E-state index in [0.29, 0.717) is 13.2 Å². The van der Waals surface area contributed by atoms with Crippen molar-refractivity contribution in [3.63, 3.8) is 0 Å². The van der Waals surface area contributed by atoms with Crippen molar-refractivity contribution < 1.29 is 9.47 Å². The first-order chi connectivity index (χ1) is 7.19. The predicted octanol–water partition coefficient (Wildman–Crippen LogP) is 2.46. The molecule has 1 aromatic rings. The molecule has 2 heteroatoms. The second kappa shape index (κ2) is 5.43. The van der Waals surface area contributed by atoms with Crippen molar-refractivity contribution in [2.45, 2.75) is 20.5 Å². The molecule has 2 nitrogen and oxygen atoms in total. The molecule has 0 amide bonds. The molecule has 80 valence electrons. The average Bonchev–Trinajstić information content (AvgIpc) is 2.17. The number of rotatable bonds is 4. The van der Waals surface area contributed by atoms with Gasteiger partial charge in [0.15, 0.2) is 0 Å². The summed E-state index contributed by atoms with van der Waals surface area (Å²) in [5.74, 6) is 3.33. The van der Waals surface area contributed by atoms with Crippen molar-refractivity contribution in [1.29, 1.82) is 0 Å². The molecule has 0 aliphatic carbocycles. The van der Waals surface area contributed by atoms with E-state index in [1.807, 2.05) is 6.92 Å². The summed E-state index contributed by atoms with van der Waals surface area (Å²) < 4.78 is 10.6. The Balaban J connectivity index is 2.89. The molecule has 1 rings (SSSR count). The van der Waals surface area contributed by atoms with E-state index in [9.17, 15) is 0 Å². The van der Waals surface area contributed by atoms with Gasteiger partial charge in [-0.2, -0.15) is 0 Å².